The van der Waals surface area contributed by atoms with Crippen LogP contribution in [0.25, 0.3) is 0 Å². The first-order valence-electron chi connectivity index (χ1n) is 12.2. The zero-order valence-electron chi connectivity index (χ0n) is 20.5. The molecule has 2 N–H and O–H groups in total. The maximum atomic E-state index is 14.3. The van der Waals surface area contributed by atoms with Crippen molar-refractivity contribution in [3.8, 4) is 5.75 Å². The molecule has 2 bridgehead atoms. The predicted octanol–water partition coefficient (Wildman–Crippen LogP) is 2.22. The van der Waals surface area contributed by atoms with E-state index in [1.165, 1.54) is 9.80 Å². The van der Waals surface area contributed by atoms with Gasteiger partial charge in [-0.25, -0.2) is 0 Å². The summed E-state index contributed by atoms with van der Waals surface area (Å²) in [5.74, 6) is -3.29. The fourth-order valence-corrected chi connectivity index (χ4v) is 6.48. The molecular formula is C26H34N2O7. The van der Waals surface area contributed by atoms with E-state index in [1.807, 2.05) is 13.8 Å². The van der Waals surface area contributed by atoms with Crippen LogP contribution in [-0.2, 0) is 19.1 Å². The van der Waals surface area contributed by atoms with Crippen LogP contribution >= 0.6 is 0 Å². The van der Waals surface area contributed by atoms with Gasteiger partial charge in [-0.2, -0.15) is 0 Å². The Morgan fingerprint density at radius 1 is 1.31 bits per heavy atom. The van der Waals surface area contributed by atoms with Gasteiger partial charge in [-0.3, -0.25) is 14.4 Å². The molecule has 3 aliphatic rings. The average Bonchev–Trinajstić information content (AvgIpc) is 3.47. The fourth-order valence-electron chi connectivity index (χ4n) is 6.48. The first-order chi connectivity index (χ1) is 16.7. The lowest BCUT2D eigenvalue weighted by Crippen LogP contribution is -2.59. The van der Waals surface area contributed by atoms with Crippen molar-refractivity contribution in [2.75, 3.05) is 25.2 Å². The lowest BCUT2D eigenvalue weighted by atomic mass is 9.65. The lowest BCUT2D eigenvalue weighted by Gasteiger charge is -2.39. The highest BCUT2D eigenvalue weighted by atomic mass is 16.5. The Bertz CT molecular complexity index is 1010. The van der Waals surface area contributed by atoms with E-state index in [0.717, 1.165) is 0 Å². The number of rotatable bonds is 10. The number of nitrogens with zero attached hydrogens (tertiary/aromatic N) is 2. The number of methoxy groups -OCH3 is 1. The smallest absolute Gasteiger partial charge is 0.310 e. The Labute approximate surface area is 205 Å². The van der Waals surface area contributed by atoms with Gasteiger partial charge >= 0.3 is 5.97 Å². The topological polar surface area (TPSA) is 117 Å². The first kappa shape index (κ1) is 25.2. The van der Waals surface area contributed by atoms with Gasteiger partial charge in [-0.05, 0) is 49.9 Å². The molecule has 0 saturated carbocycles. The van der Waals surface area contributed by atoms with E-state index in [9.17, 15) is 24.6 Å². The number of aliphatic hydroxyl groups is 1. The molecule has 2 amide bonds. The lowest BCUT2D eigenvalue weighted by molar-refractivity contribution is -0.157. The molecule has 0 radical (unpaired) electrons. The van der Waals surface area contributed by atoms with Gasteiger partial charge in [0.15, 0.2) is 0 Å². The summed E-state index contributed by atoms with van der Waals surface area (Å²) >= 11 is 0. The van der Waals surface area contributed by atoms with Crippen LogP contribution in [0.3, 0.4) is 0 Å². The minimum atomic E-state index is -1.26. The molecule has 35 heavy (non-hydrogen) atoms. The standard InChI is InChI=1S/C26H34N2O7/c1-5-14-27(17-8-10-18(34-4)11-9-17)23(31)21-26-13-12-25(7-3,35-26)20(24(32)33)19(26)22(30)28(21)16(6-2)15-29/h5,8-11,16,19-21,29H,1,6-7,12-15H2,2-4H3,(H,32,33)/t16-,19-,20+,21?,25-,26?/m0/s1. The number of likely N-dealkylation sites (tertiary alicyclic amines) is 1. The number of carboxylic acids is 1. The largest absolute Gasteiger partial charge is 0.497 e. The van der Waals surface area contributed by atoms with Crippen LogP contribution < -0.4 is 9.64 Å². The summed E-state index contributed by atoms with van der Waals surface area (Å²) < 4.78 is 11.8. The predicted molar refractivity (Wildman–Crippen MR) is 128 cm³/mol. The van der Waals surface area contributed by atoms with E-state index in [4.69, 9.17) is 9.47 Å². The summed E-state index contributed by atoms with van der Waals surface area (Å²) in [6.45, 7) is 7.32. The second kappa shape index (κ2) is 9.28. The highest BCUT2D eigenvalue weighted by Crippen LogP contribution is 2.64. The number of carboxylic acid groups (broad SMARTS) is 1. The molecule has 190 valence electrons. The van der Waals surface area contributed by atoms with Gasteiger partial charge in [-0.1, -0.05) is 19.9 Å². The molecule has 3 saturated heterocycles. The Balaban J connectivity index is 1.84. The van der Waals surface area contributed by atoms with E-state index < -0.39 is 47.0 Å². The number of anilines is 1. The van der Waals surface area contributed by atoms with Crippen molar-refractivity contribution in [3.05, 3.63) is 36.9 Å². The molecule has 3 aliphatic heterocycles. The Kier molecular flexibility index (Phi) is 6.68. The Morgan fingerprint density at radius 2 is 2.00 bits per heavy atom. The van der Waals surface area contributed by atoms with Crippen LogP contribution in [-0.4, -0.2) is 76.4 Å². The van der Waals surface area contributed by atoms with Crippen molar-refractivity contribution in [2.45, 2.75) is 62.8 Å². The summed E-state index contributed by atoms with van der Waals surface area (Å²) in [6.07, 6.45) is 3.31. The molecule has 1 aromatic rings. The van der Waals surface area contributed by atoms with Gasteiger partial charge in [0.05, 0.1) is 31.3 Å². The summed E-state index contributed by atoms with van der Waals surface area (Å²) in [7, 11) is 1.55. The van der Waals surface area contributed by atoms with Crippen molar-refractivity contribution < 1.29 is 34.1 Å². The van der Waals surface area contributed by atoms with E-state index >= 15 is 0 Å². The zero-order valence-corrected chi connectivity index (χ0v) is 20.5. The van der Waals surface area contributed by atoms with E-state index in [0.29, 0.717) is 37.1 Å². The Hall–Kier alpha value is -2.91. The molecule has 0 aliphatic carbocycles. The van der Waals surface area contributed by atoms with Crippen molar-refractivity contribution in [2.24, 2.45) is 11.8 Å². The molecule has 3 heterocycles. The van der Waals surface area contributed by atoms with E-state index in [-0.39, 0.29) is 19.1 Å². The van der Waals surface area contributed by atoms with Gasteiger partial charge in [0.2, 0.25) is 5.91 Å². The fraction of sp³-hybridized carbons (Fsp3) is 0.577. The maximum Gasteiger partial charge on any atom is 0.310 e. The van der Waals surface area contributed by atoms with Crippen LogP contribution in [0.5, 0.6) is 5.75 Å². The number of hydrogen-bond acceptors (Lipinski definition) is 6. The number of aliphatic hydroxyl groups excluding tert-OH is 1. The maximum absolute atomic E-state index is 14.3. The first-order valence-corrected chi connectivity index (χ1v) is 12.2. The molecule has 6 atom stereocenters. The number of benzene rings is 1. The quantitative estimate of drug-likeness (QED) is 0.487. The van der Waals surface area contributed by atoms with Gasteiger partial charge < -0.3 is 29.5 Å². The average molecular weight is 487 g/mol. The number of carbonyl (C=O) groups excluding carboxylic acids is 2. The van der Waals surface area contributed by atoms with Crippen molar-refractivity contribution in [1.82, 2.24) is 4.90 Å². The SMILES string of the molecule is C=CCN(C(=O)C1N([C@@H](CC)CO)C(=O)[C@@H]2[C@H](C(=O)O)[C@]3(CC)CCC12O3)c1ccc(OC)cc1. The summed E-state index contributed by atoms with van der Waals surface area (Å²) in [5, 5.41) is 20.3. The third-order valence-electron chi connectivity index (χ3n) is 8.16. The van der Waals surface area contributed by atoms with Crippen molar-refractivity contribution in [3.63, 3.8) is 0 Å². The number of fused-ring (bicyclic) bond motifs is 1. The number of ether oxygens (including phenoxy) is 2. The molecule has 4 rings (SSSR count). The monoisotopic (exact) mass is 486 g/mol. The van der Waals surface area contributed by atoms with E-state index in [1.54, 1.807) is 37.5 Å². The summed E-state index contributed by atoms with van der Waals surface area (Å²) in [6, 6.07) is 5.29. The minimum Gasteiger partial charge on any atom is -0.497 e. The van der Waals surface area contributed by atoms with Crippen LogP contribution in [0, 0.1) is 11.8 Å². The third kappa shape index (κ3) is 3.55. The van der Waals surface area contributed by atoms with Crippen LogP contribution in [0.1, 0.15) is 39.5 Å². The normalized spacial score (nSPS) is 31.8. The van der Waals surface area contributed by atoms with E-state index in [2.05, 4.69) is 6.58 Å². The number of carbonyl (C=O) groups is 3. The molecule has 1 spiro atoms. The number of hydrogen-bond donors (Lipinski definition) is 2. The number of aliphatic carboxylic acids is 1. The van der Waals surface area contributed by atoms with Gasteiger partial charge in [-0.15, -0.1) is 6.58 Å². The van der Waals surface area contributed by atoms with Gasteiger partial charge in [0.25, 0.3) is 5.91 Å². The molecular weight excluding hydrogens is 452 g/mol. The Morgan fingerprint density at radius 3 is 2.51 bits per heavy atom. The summed E-state index contributed by atoms with van der Waals surface area (Å²) in [4.78, 5) is 43.6. The zero-order chi connectivity index (χ0) is 25.5. The molecule has 0 aromatic heterocycles. The van der Waals surface area contributed by atoms with Crippen LogP contribution in [0.2, 0.25) is 0 Å². The molecule has 3 fully saturated rings. The molecule has 9 heteroatoms. The second-order valence-electron chi connectivity index (χ2n) is 9.60. The highest BCUT2D eigenvalue weighted by Gasteiger charge is 2.79. The molecule has 2 unspecified atom stereocenters. The number of amides is 2. The highest BCUT2D eigenvalue weighted by molar-refractivity contribution is 6.05. The van der Waals surface area contributed by atoms with Gasteiger partial charge in [0.1, 0.15) is 23.3 Å². The minimum absolute atomic E-state index is 0.182. The van der Waals surface area contributed by atoms with Crippen LogP contribution in [0.15, 0.2) is 36.9 Å². The van der Waals surface area contributed by atoms with Crippen molar-refractivity contribution in [1.29, 1.82) is 0 Å². The molecule has 1 aromatic carbocycles. The van der Waals surface area contributed by atoms with Gasteiger partial charge in [0, 0.05) is 12.2 Å². The third-order valence-corrected chi connectivity index (χ3v) is 8.16. The second-order valence-corrected chi connectivity index (χ2v) is 9.60. The van der Waals surface area contributed by atoms with Crippen LogP contribution in [0.4, 0.5) is 5.69 Å². The summed E-state index contributed by atoms with van der Waals surface area (Å²) in [5.41, 5.74) is -1.66. The van der Waals surface area contributed by atoms with Crippen molar-refractivity contribution >= 4 is 23.5 Å². The molecule has 9 nitrogen and oxygen atoms in total.